The van der Waals surface area contributed by atoms with E-state index < -0.39 is 0 Å². The lowest BCUT2D eigenvalue weighted by atomic mass is 10.0. The first-order valence-electron chi connectivity index (χ1n) is 7.23. The van der Waals surface area contributed by atoms with E-state index in [9.17, 15) is 0 Å². The minimum absolute atomic E-state index is 0.662. The Kier molecular flexibility index (Phi) is 5.06. The van der Waals surface area contributed by atoms with Gasteiger partial charge in [0, 0.05) is 6.54 Å². The van der Waals surface area contributed by atoms with Crippen molar-refractivity contribution in [2.75, 3.05) is 19.7 Å². The van der Waals surface area contributed by atoms with E-state index >= 15 is 0 Å². The maximum absolute atomic E-state index is 5.66. The summed E-state index contributed by atoms with van der Waals surface area (Å²) in [7, 11) is 0. The van der Waals surface area contributed by atoms with Gasteiger partial charge in [0.05, 0.1) is 6.61 Å². The lowest BCUT2D eigenvalue weighted by Gasteiger charge is -2.14. The second kappa shape index (κ2) is 6.79. The lowest BCUT2D eigenvalue weighted by molar-refractivity contribution is 0.304. The van der Waals surface area contributed by atoms with Crippen molar-refractivity contribution in [3.63, 3.8) is 0 Å². The molecular formula is C16H25NO. The summed E-state index contributed by atoms with van der Waals surface area (Å²) in [6.07, 6.45) is 6.64. The molecule has 0 radical (unpaired) electrons. The number of hydrogen-bond donors (Lipinski definition) is 1. The van der Waals surface area contributed by atoms with Crippen molar-refractivity contribution in [3.8, 4) is 5.75 Å². The van der Waals surface area contributed by atoms with Gasteiger partial charge in [-0.15, -0.1) is 0 Å². The second-order valence-electron chi connectivity index (χ2n) is 5.44. The van der Waals surface area contributed by atoms with Crippen LogP contribution in [0.15, 0.2) is 30.3 Å². The van der Waals surface area contributed by atoms with E-state index in [0.29, 0.717) is 5.41 Å². The van der Waals surface area contributed by atoms with Gasteiger partial charge < -0.3 is 10.1 Å². The lowest BCUT2D eigenvalue weighted by Crippen LogP contribution is -2.25. The molecule has 1 aliphatic rings. The van der Waals surface area contributed by atoms with Crippen molar-refractivity contribution < 1.29 is 4.74 Å². The highest BCUT2D eigenvalue weighted by atomic mass is 16.5. The topological polar surface area (TPSA) is 21.3 Å². The Morgan fingerprint density at radius 3 is 2.67 bits per heavy atom. The highest BCUT2D eigenvalue weighted by Gasteiger charge is 2.40. The van der Waals surface area contributed by atoms with Crippen LogP contribution in [-0.4, -0.2) is 19.7 Å². The maximum Gasteiger partial charge on any atom is 0.119 e. The van der Waals surface area contributed by atoms with Crippen LogP contribution in [0.25, 0.3) is 0 Å². The first-order chi connectivity index (χ1) is 8.85. The van der Waals surface area contributed by atoms with Crippen molar-refractivity contribution in [3.05, 3.63) is 30.3 Å². The Hall–Kier alpha value is -1.02. The van der Waals surface area contributed by atoms with E-state index in [1.165, 1.54) is 32.2 Å². The van der Waals surface area contributed by atoms with Crippen molar-refractivity contribution in [2.24, 2.45) is 5.41 Å². The number of nitrogens with one attached hydrogen (secondary N) is 1. The molecule has 0 heterocycles. The molecule has 1 aromatic rings. The predicted octanol–water partition coefficient (Wildman–Crippen LogP) is 3.63. The van der Waals surface area contributed by atoms with Gasteiger partial charge in [0.25, 0.3) is 0 Å². The summed E-state index contributed by atoms with van der Waals surface area (Å²) < 4.78 is 5.66. The summed E-state index contributed by atoms with van der Waals surface area (Å²) in [5.41, 5.74) is 0.662. The average molecular weight is 247 g/mol. The molecule has 2 rings (SSSR count). The quantitative estimate of drug-likeness (QED) is 0.673. The first kappa shape index (κ1) is 13.4. The van der Waals surface area contributed by atoms with Crippen LogP contribution < -0.4 is 10.1 Å². The molecular weight excluding hydrogens is 222 g/mol. The Labute approximate surface area is 111 Å². The molecule has 2 nitrogen and oxygen atoms in total. The summed E-state index contributed by atoms with van der Waals surface area (Å²) in [6.45, 7) is 5.36. The minimum atomic E-state index is 0.662. The van der Waals surface area contributed by atoms with Gasteiger partial charge in [-0.3, -0.25) is 0 Å². The van der Waals surface area contributed by atoms with Crippen LogP contribution in [0.4, 0.5) is 0 Å². The fourth-order valence-corrected chi connectivity index (χ4v) is 2.48. The summed E-state index contributed by atoms with van der Waals surface area (Å²) in [5, 5.41) is 3.58. The molecule has 100 valence electrons. The van der Waals surface area contributed by atoms with Crippen LogP contribution in [0.3, 0.4) is 0 Å². The summed E-state index contributed by atoms with van der Waals surface area (Å²) in [5.74, 6) is 0.974. The highest BCUT2D eigenvalue weighted by molar-refractivity contribution is 5.20. The molecule has 1 fully saturated rings. The zero-order valence-electron chi connectivity index (χ0n) is 11.5. The van der Waals surface area contributed by atoms with E-state index in [4.69, 9.17) is 4.74 Å². The van der Waals surface area contributed by atoms with Gasteiger partial charge in [-0.05, 0) is 49.8 Å². The molecule has 1 aliphatic carbocycles. The number of hydrogen-bond acceptors (Lipinski definition) is 2. The molecule has 0 aromatic heterocycles. The van der Waals surface area contributed by atoms with Crippen molar-refractivity contribution >= 4 is 0 Å². The molecule has 0 aliphatic heterocycles. The van der Waals surface area contributed by atoms with Crippen LogP contribution in [0.1, 0.15) is 39.0 Å². The van der Waals surface area contributed by atoms with Crippen LogP contribution in [-0.2, 0) is 0 Å². The molecule has 0 amide bonds. The van der Waals surface area contributed by atoms with Gasteiger partial charge >= 0.3 is 0 Å². The summed E-state index contributed by atoms with van der Waals surface area (Å²) in [4.78, 5) is 0. The highest BCUT2D eigenvalue weighted by Crippen LogP contribution is 2.48. The standard InChI is InChI=1S/C16H25NO/c1-2-9-16(10-11-16)14-17-12-6-13-18-15-7-4-3-5-8-15/h3-5,7-8,17H,2,6,9-14H2,1H3. The van der Waals surface area contributed by atoms with Crippen LogP contribution >= 0.6 is 0 Å². The fraction of sp³-hybridized carbons (Fsp3) is 0.625. The van der Waals surface area contributed by atoms with Crippen molar-refractivity contribution in [2.45, 2.75) is 39.0 Å². The zero-order chi connectivity index (χ0) is 12.7. The molecule has 18 heavy (non-hydrogen) atoms. The zero-order valence-corrected chi connectivity index (χ0v) is 11.5. The monoisotopic (exact) mass is 247 g/mol. The SMILES string of the molecule is CCCC1(CNCCCOc2ccccc2)CC1. The Bertz CT molecular complexity index is 332. The van der Waals surface area contributed by atoms with Gasteiger partial charge in [0.1, 0.15) is 5.75 Å². The van der Waals surface area contributed by atoms with Crippen molar-refractivity contribution in [1.82, 2.24) is 5.32 Å². The fourth-order valence-electron chi connectivity index (χ4n) is 2.48. The summed E-state index contributed by atoms with van der Waals surface area (Å²) in [6, 6.07) is 10.0. The third-order valence-corrected chi connectivity index (χ3v) is 3.75. The number of rotatable bonds is 9. The molecule has 1 N–H and O–H groups in total. The molecule has 1 saturated carbocycles. The molecule has 0 bridgehead atoms. The van der Waals surface area contributed by atoms with E-state index in [0.717, 1.165) is 25.3 Å². The second-order valence-corrected chi connectivity index (χ2v) is 5.44. The van der Waals surface area contributed by atoms with Crippen LogP contribution in [0.5, 0.6) is 5.75 Å². The van der Waals surface area contributed by atoms with Gasteiger partial charge in [-0.1, -0.05) is 31.5 Å². The van der Waals surface area contributed by atoms with E-state index in [1.54, 1.807) is 0 Å². The van der Waals surface area contributed by atoms with E-state index in [-0.39, 0.29) is 0 Å². The van der Waals surface area contributed by atoms with E-state index in [2.05, 4.69) is 12.2 Å². The molecule has 1 aromatic carbocycles. The van der Waals surface area contributed by atoms with Gasteiger partial charge in [0.2, 0.25) is 0 Å². The maximum atomic E-state index is 5.66. The Balaban J connectivity index is 1.49. The van der Waals surface area contributed by atoms with Gasteiger partial charge in [-0.25, -0.2) is 0 Å². The molecule has 0 atom stereocenters. The predicted molar refractivity (Wildman–Crippen MR) is 76.0 cm³/mol. The molecule has 2 heteroatoms. The minimum Gasteiger partial charge on any atom is -0.494 e. The molecule has 0 saturated heterocycles. The van der Waals surface area contributed by atoms with Crippen molar-refractivity contribution in [1.29, 1.82) is 0 Å². The van der Waals surface area contributed by atoms with Gasteiger partial charge in [-0.2, -0.15) is 0 Å². The number of para-hydroxylation sites is 1. The molecule has 0 spiro atoms. The Morgan fingerprint density at radius 2 is 2.00 bits per heavy atom. The number of ether oxygens (including phenoxy) is 1. The van der Waals surface area contributed by atoms with E-state index in [1.807, 2.05) is 30.3 Å². The van der Waals surface area contributed by atoms with Gasteiger partial charge in [0.15, 0.2) is 0 Å². The third kappa shape index (κ3) is 4.34. The smallest absolute Gasteiger partial charge is 0.119 e. The first-order valence-corrected chi connectivity index (χ1v) is 7.23. The third-order valence-electron chi connectivity index (χ3n) is 3.75. The molecule has 0 unspecified atom stereocenters. The van der Waals surface area contributed by atoms with Crippen LogP contribution in [0, 0.1) is 5.41 Å². The number of benzene rings is 1. The average Bonchev–Trinajstić information content (AvgIpc) is 3.15. The van der Waals surface area contributed by atoms with Crippen LogP contribution in [0.2, 0.25) is 0 Å². The normalized spacial score (nSPS) is 16.5. The summed E-state index contributed by atoms with van der Waals surface area (Å²) >= 11 is 0. The Morgan fingerprint density at radius 1 is 1.22 bits per heavy atom. The largest absolute Gasteiger partial charge is 0.494 e.